The number of likely N-dealkylation sites (N-methyl/N-ethyl adjacent to an activating group) is 1. The molecule has 0 radical (unpaired) electrons. The van der Waals surface area contributed by atoms with E-state index in [-0.39, 0.29) is 23.8 Å². The van der Waals surface area contributed by atoms with Crippen LogP contribution >= 0.6 is 11.3 Å². The molecule has 0 fully saturated rings. The average Bonchev–Trinajstić information content (AvgIpc) is 3.14. The number of carboxylic acid groups (broad SMARTS) is 1. The molecule has 1 N–H and O–H groups in total. The molecule has 11 heteroatoms. The fourth-order valence-corrected chi connectivity index (χ4v) is 2.99. The van der Waals surface area contributed by atoms with Crippen LogP contribution in [0.4, 0.5) is 13.2 Å². The lowest BCUT2D eigenvalue weighted by molar-refractivity contribution is -0.142. The van der Waals surface area contributed by atoms with Crippen LogP contribution in [0.3, 0.4) is 0 Å². The van der Waals surface area contributed by atoms with Crippen molar-refractivity contribution in [2.45, 2.75) is 32.5 Å². The Kier molecular flexibility index (Phi) is 6.01. The van der Waals surface area contributed by atoms with Gasteiger partial charge >= 0.3 is 12.1 Å². The topological polar surface area (TPSA) is 88.3 Å². The number of carboxylic acids is 1. The van der Waals surface area contributed by atoms with Gasteiger partial charge in [-0.25, -0.2) is 9.78 Å². The van der Waals surface area contributed by atoms with Gasteiger partial charge in [0.05, 0.1) is 5.01 Å². The first-order valence-corrected chi connectivity index (χ1v) is 8.49. The lowest BCUT2D eigenvalue weighted by Crippen LogP contribution is -2.32. The Bertz CT molecular complexity index is 800. The molecule has 7 nitrogen and oxygen atoms in total. The van der Waals surface area contributed by atoms with Gasteiger partial charge in [0.15, 0.2) is 11.4 Å². The monoisotopic (exact) mass is 390 g/mol. The van der Waals surface area contributed by atoms with E-state index in [9.17, 15) is 22.8 Å². The average molecular weight is 390 g/mol. The smallest absolute Gasteiger partial charge is 0.435 e. The van der Waals surface area contributed by atoms with Gasteiger partial charge in [-0.2, -0.15) is 18.3 Å². The maximum absolute atomic E-state index is 12.6. The van der Waals surface area contributed by atoms with Crippen LogP contribution in [0.5, 0.6) is 0 Å². The number of thiazole rings is 1. The molecule has 0 aliphatic heterocycles. The van der Waals surface area contributed by atoms with Gasteiger partial charge in [0, 0.05) is 31.1 Å². The summed E-state index contributed by atoms with van der Waals surface area (Å²) in [5.41, 5.74) is -0.782. The Morgan fingerprint density at radius 3 is 2.62 bits per heavy atom. The molecule has 0 saturated carbocycles. The highest BCUT2D eigenvalue weighted by Gasteiger charge is 2.34. The van der Waals surface area contributed by atoms with Crippen LogP contribution in [0.15, 0.2) is 11.4 Å². The predicted molar refractivity (Wildman–Crippen MR) is 87.0 cm³/mol. The highest BCUT2D eigenvalue weighted by Crippen LogP contribution is 2.28. The number of carbonyl (C=O) groups excluding carboxylic acids is 1. The molecule has 0 bridgehead atoms. The first kappa shape index (κ1) is 19.9. The number of aromatic nitrogens is 3. The number of aryl methyl sites for hydroxylation is 2. The van der Waals surface area contributed by atoms with Crippen molar-refractivity contribution in [1.82, 2.24) is 19.7 Å². The summed E-state index contributed by atoms with van der Waals surface area (Å²) >= 11 is 1.23. The molecule has 2 aromatic rings. The molecule has 0 atom stereocenters. The summed E-state index contributed by atoms with van der Waals surface area (Å²) < 4.78 is 39.0. The zero-order chi connectivity index (χ0) is 19.5. The highest BCUT2D eigenvalue weighted by atomic mass is 32.1. The fourth-order valence-electron chi connectivity index (χ4n) is 2.17. The van der Waals surface area contributed by atoms with E-state index in [0.29, 0.717) is 24.4 Å². The third-order valence-electron chi connectivity index (χ3n) is 3.64. The van der Waals surface area contributed by atoms with Crippen LogP contribution < -0.4 is 0 Å². The number of alkyl halides is 3. The van der Waals surface area contributed by atoms with Crippen LogP contribution in [0.1, 0.15) is 33.3 Å². The van der Waals surface area contributed by atoms with E-state index in [2.05, 4.69) is 10.1 Å². The van der Waals surface area contributed by atoms with Crippen molar-refractivity contribution in [3.05, 3.63) is 33.5 Å². The third-order valence-corrected chi connectivity index (χ3v) is 4.55. The van der Waals surface area contributed by atoms with Crippen LogP contribution in [0.25, 0.3) is 0 Å². The Morgan fingerprint density at radius 2 is 2.08 bits per heavy atom. The van der Waals surface area contributed by atoms with Gasteiger partial charge in [0.1, 0.15) is 6.54 Å². The van der Waals surface area contributed by atoms with E-state index in [1.807, 2.05) is 0 Å². The number of hydrogen-bond acceptors (Lipinski definition) is 5. The highest BCUT2D eigenvalue weighted by molar-refractivity contribution is 7.09. The maximum Gasteiger partial charge on any atom is 0.435 e. The summed E-state index contributed by atoms with van der Waals surface area (Å²) in [5, 5.41) is 14.3. The Balaban J connectivity index is 1.85. The fraction of sp³-hybridized carbons (Fsp3) is 0.467. The Morgan fingerprint density at radius 1 is 1.38 bits per heavy atom. The number of rotatable bonds is 7. The standard InChI is InChI=1S/C15H17F3N4O3S/c1-9-6-11(15(16,17)18)20-22(9)7-13(23)21(2)5-3-4-12-19-10(8-26-12)14(24)25/h6,8H,3-5,7H2,1-2H3,(H,24,25). The van der Waals surface area contributed by atoms with E-state index >= 15 is 0 Å². The molecular formula is C15H17F3N4O3S. The number of halogens is 3. The molecule has 2 rings (SSSR count). The van der Waals surface area contributed by atoms with Crippen molar-refractivity contribution in [3.8, 4) is 0 Å². The quantitative estimate of drug-likeness (QED) is 0.785. The van der Waals surface area contributed by atoms with Gasteiger partial charge in [-0.3, -0.25) is 9.48 Å². The minimum Gasteiger partial charge on any atom is -0.476 e. The number of nitrogens with zero attached hydrogens (tertiary/aromatic N) is 4. The molecule has 0 spiro atoms. The maximum atomic E-state index is 12.6. The number of amides is 1. The molecule has 0 aliphatic carbocycles. The van der Waals surface area contributed by atoms with Gasteiger partial charge in [0.25, 0.3) is 0 Å². The van der Waals surface area contributed by atoms with E-state index in [0.717, 1.165) is 10.7 Å². The summed E-state index contributed by atoms with van der Waals surface area (Å²) in [6, 6.07) is 0.899. The summed E-state index contributed by atoms with van der Waals surface area (Å²) in [7, 11) is 1.55. The zero-order valence-electron chi connectivity index (χ0n) is 14.1. The van der Waals surface area contributed by atoms with E-state index < -0.39 is 17.8 Å². The summed E-state index contributed by atoms with van der Waals surface area (Å²) in [6.07, 6.45) is -3.48. The minimum atomic E-state index is -4.55. The third kappa shape index (κ3) is 5.04. The Hall–Kier alpha value is -2.43. The van der Waals surface area contributed by atoms with Gasteiger partial charge < -0.3 is 10.0 Å². The summed E-state index contributed by atoms with van der Waals surface area (Å²) in [4.78, 5) is 28.3. The number of aromatic carboxylic acids is 1. The second-order valence-corrected chi connectivity index (χ2v) is 6.62. The molecule has 0 saturated heterocycles. The SMILES string of the molecule is Cc1cc(C(F)(F)F)nn1CC(=O)N(C)CCCc1nc(C(=O)O)cs1. The second kappa shape index (κ2) is 7.85. The van der Waals surface area contributed by atoms with Gasteiger partial charge in [-0.1, -0.05) is 0 Å². The van der Waals surface area contributed by atoms with Crippen molar-refractivity contribution in [3.63, 3.8) is 0 Å². The summed E-state index contributed by atoms with van der Waals surface area (Å²) in [6.45, 7) is 1.55. The second-order valence-electron chi connectivity index (χ2n) is 5.68. The van der Waals surface area contributed by atoms with E-state index in [4.69, 9.17) is 5.11 Å². The van der Waals surface area contributed by atoms with E-state index in [1.165, 1.54) is 28.5 Å². The molecule has 0 aliphatic rings. The van der Waals surface area contributed by atoms with Crippen LogP contribution in [0, 0.1) is 6.92 Å². The first-order chi connectivity index (χ1) is 12.1. The van der Waals surface area contributed by atoms with Crippen LogP contribution in [0.2, 0.25) is 0 Å². The van der Waals surface area contributed by atoms with Crippen molar-refractivity contribution in [1.29, 1.82) is 0 Å². The van der Waals surface area contributed by atoms with Crippen molar-refractivity contribution >= 4 is 23.2 Å². The molecule has 26 heavy (non-hydrogen) atoms. The molecule has 2 heterocycles. The summed E-state index contributed by atoms with van der Waals surface area (Å²) in [5.74, 6) is -1.46. The van der Waals surface area contributed by atoms with Crippen molar-refractivity contribution in [2.24, 2.45) is 0 Å². The predicted octanol–water partition coefficient (Wildman–Crippen LogP) is 2.46. The molecule has 1 amide bonds. The number of hydrogen-bond donors (Lipinski definition) is 1. The van der Waals surface area contributed by atoms with Crippen LogP contribution in [-0.2, 0) is 23.9 Å². The minimum absolute atomic E-state index is 0.0101. The lowest BCUT2D eigenvalue weighted by atomic mass is 10.3. The molecule has 142 valence electrons. The van der Waals surface area contributed by atoms with Crippen molar-refractivity contribution in [2.75, 3.05) is 13.6 Å². The zero-order valence-corrected chi connectivity index (χ0v) is 14.9. The van der Waals surface area contributed by atoms with Gasteiger partial charge in [-0.05, 0) is 19.4 Å². The number of carbonyl (C=O) groups is 2. The van der Waals surface area contributed by atoms with Crippen LogP contribution in [-0.4, -0.2) is 50.2 Å². The molecule has 0 aromatic carbocycles. The molecule has 0 unspecified atom stereocenters. The van der Waals surface area contributed by atoms with E-state index in [1.54, 1.807) is 7.05 Å². The normalized spacial score (nSPS) is 11.6. The van der Waals surface area contributed by atoms with Crippen molar-refractivity contribution < 1.29 is 27.9 Å². The van der Waals surface area contributed by atoms with Gasteiger partial charge in [-0.15, -0.1) is 11.3 Å². The molecular weight excluding hydrogens is 373 g/mol. The first-order valence-electron chi connectivity index (χ1n) is 7.61. The lowest BCUT2D eigenvalue weighted by Gasteiger charge is -2.17. The molecule has 2 aromatic heterocycles. The van der Waals surface area contributed by atoms with Gasteiger partial charge in [0.2, 0.25) is 5.91 Å². The largest absolute Gasteiger partial charge is 0.476 e. The Labute approximate surface area is 151 Å².